The van der Waals surface area contributed by atoms with E-state index in [-0.39, 0.29) is 0 Å². The molecule has 0 spiro atoms. The molecule has 0 saturated carbocycles. The predicted molar refractivity (Wildman–Crippen MR) is 136 cm³/mol. The summed E-state index contributed by atoms with van der Waals surface area (Å²) in [6, 6.07) is 28.6. The van der Waals surface area contributed by atoms with Crippen molar-refractivity contribution >= 4 is 11.1 Å². The van der Waals surface area contributed by atoms with Gasteiger partial charge in [0.15, 0.2) is 0 Å². The first-order valence-electron chi connectivity index (χ1n) is 11.2. The Kier molecular flexibility index (Phi) is 7.13. The summed E-state index contributed by atoms with van der Waals surface area (Å²) < 4.78 is 0. The number of hydrogen-bond acceptors (Lipinski definition) is 0. The number of hydrogen-bond donors (Lipinski definition) is 0. The molecule has 0 atom stereocenters. The number of unbranched alkanes of at least 4 members (excludes halogenated alkanes) is 1. The largest absolute Gasteiger partial charge is 0.0810 e. The SMILES string of the molecule is C/C(=C\CCCc1ccc(-c2ccccc2)cc1)c1ccc(C2=CC=CC=CC2)cc1. The molecule has 0 radical (unpaired) electrons. The van der Waals surface area contributed by atoms with E-state index < -0.39 is 0 Å². The fourth-order valence-corrected chi connectivity index (χ4v) is 3.98. The zero-order valence-corrected chi connectivity index (χ0v) is 18.3. The van der Waals surface area contributed by atoms with E-state index in [1.807, 2.05) is 0 Å². The molecule has 0 bridgehead atoms. The van der Waals surface area contributed by atoms with Crippen molar-refractivity contribution in [2.24, 2.45) is 0 Å². The van der Waals surface area contributed by atoms with Gasteiger partial charge in [0.25, 0.3) is 0 Å². The second-order valence-electron chi connectivity index (χ2n) is 8.13. The Labute approximate surface area is 187 Å². The molecule has 0 heteroatoms. The summed E-state index contributed by atoms with van der Waals surface area (Å²) in [6.07, 6.45) is 17.5. The van der Waals surface area contributed by atoms with Crippen LogP contribution in [0.1, 0.15) is 42.9 Å². The van der Waals surface area contributed by atoms with Crippen LogP contribution >= 0.6 is 0 Å². The average molecular weight is 403 g/mol. The summed E-state index contributed by atoms with van der Waals surface area (Å²) in [5.41, 5.74) is 9.34. The second-order valence-corrected chi connectivity index (χ2v) is 8.13. The lowest BCUT2D eigenvalue weighted by molar-refractivity contribution is 0.843. The molecule has 0 aliphatic heterocycles. The third-order valence-corrected chi connectivity index (χ3v) is 5.89. The van der Waals surface area contributed by atoms with Crippen molar-refractivity contribution in [2.45, 2.75) is 32.6 Å². The van der Waals surface area contributed by atoms with Gasteiger partial charge in [0.1, 0.15) is 0 Å². The molecular formula is C31H30. The van der Waals surface area contributed by atoms with Gasteiger partial charge in [-0.2, -0.15) is 0 Å². The quantitative estimate of drug-likeness (QED) is 0.347. The molecule has 0 amide bonds. The topological polar surface area (TPSA) is 0 Å². The highest BCUT2D eigenvalue weighted by atomic mass is 14.1. The van der Waals surface area contributed by atoms with Gasteiger partial charge in [-0.05, 0) is 71.6 Å². The van der Waals surface area contributed by atoms with Gasteiger partial charge in [0.2, 0.25) is 0 Å². The van der Waals surface area contributed by atoms with Gasteiger partial charge >= 0.3 is 0 Å². The van der Waals surface area contributed by atoms with E-state index in [1.54, 1.807) is 0 Å². The highest BCUT2D eigenvalue weighted by Gasteiger charge is 2.02. The van der Waals surface area contributed by atoms with E-state index in [9.17, 15) is 0 Å². The molecule has 4 rings (SSSR count). The van der Waals surface area contributed by atoms with Crippen LogP contribution < -0.4 is 0 Å². The van der Waals surface area contributed by atoms with Crippen LogP contribution in [0.3, 0.4) is 0 Å². The van der Waals surface area contributed by atoms with Crippen LogP contribution in [0, 0.1) is 0 Å². The number of aryl methyl sites for hydroxylation is 1. The highest BCUT2D eigenvalue weighted by molar-refractivity contribution is 5.72. The van der Waals surface area contributed by atoms with Crippen LogP contribution in [0.5, 0.6) is 0 Å². The van der Waals surface area contributed by atoms with Gasteiger partial charge in [-0.1, -0.05) is 115 Å². The molecule has 1 aliphatic carbocycles. The number of allylic oxidation sites excluding steroid dienone is 8. The van der Waals surface area contributed by atoms with Gasteiger partial charge in [0, 0.05) is 0 Å². The van der Waals surface area contributed by atoms with Gasteiger partial charge in [-0.15, -0.1) is 0 Å². The standard InChI is InChI=1S/C31H30/c1-25(27-21-23-31(24-22-27)29-13-5-2-3-6-14-29)11-9-10-12-26-17-19-30(20-18-26)28-15-7-4-8-16-28/h2-8,11,13,15-24H,9-10,12,14H2,1H3/b25-11+. The van der Waals surface area contributed by atoms with E-state index in [1.165, 1.54) is 45.4 Å². The van der Waals surface area contributed by atoms with Crippen LogP contribution in [0.4, 0.5) is 0 Å². The number of rotatable bonds is 7. The Morgan fingerprint density at radius 2 is 1.45 bits per heavy atom. The van der Waals surface area contributed by atoms with Crippen molar-refractivity contribution in [2.75, 3.05) is 0 Å². The maximum absolute atomic E-state index is 2.38. The fourth-order valence-electron chi connectivity index (χ4n) is 3.98. The summed E-state index contributed by atoms with van der Waals surface area (Å²) in [4.78, 5) is 0. The molecule has 0 aromatic heterocycles. The summed E-state index contributed by atoms with van der Waals surface area (Å²) in [5, 5.41) is 0. The van der Waals surface area contributed by atoms with E-state index in [4.69, 9.17) is 0 Å². The van der Waals surface area contributed by atoms with Gasteiger partial charge < -0.3 is 0 Å². The molecule has 154 valence electrons. The zero-order chi connectivity index (χ0) is 21.3. The van der Waals surface area contributed by atoms with Crippen LogP contribution in [-0.2, 0) is 6.42 Å². The minimum atomic E-state index is 0.994. The van der Waals surface area contributed by atoms with E-state index in [0.717, 1.165) is 19.3 Å². The molecule has 3 aromatic carbocycles. The Morgan fingerprint density at radius 1 is 0.742 bits per heavy atom. The Morgan fingerprint density at radius 3 is 2.23 bits per heavy atom. The molecule has 0 nitrogen and oxygen atoms in total. The average Bonchev–Trinajstić information content (AvgIpc) is 3.12. The summed E-state index contributed by atoms with van der Waals surface area (Å²) in [5.74, 6) is 0. The van der Waals surface area contributed by atoms with Gasteiger partial charge in [-0.3, -0.25) is 0 Å². The maximum atomic E-state index is 2.38. The third-order valence-electron chi connectivity index (χ3n) is 5.89. The summed E-state index contributed by atoms with van der Waals surface area (Å²) >= 11 is 0. The smallest absolute Gasteiger partial charge is 0.00884 e. The Bertz CT molecular complexity index is 1090. The predicted octanol–water partition coefficient (Wildman–Crippen LogP) is 8.68. The van der Waals surface area contributed by atoms with E-state index in [2.05, 4.69) is 122 Å². The summed E-state index contributed by atoms with van der Waals surface area (Å²) in [6.45, 7) is 2.22. The lowest BCUT2D eigenvalue weighted by atomic mass is 9.98. The van der Waals surface area contributed by atoms with E-state index in [0.29, 0.717) is 0 Å². The van der Waals surface area contributed by atoms with Crippen LogP contribution in [0.25, 0.3) is 22.3 Å². The first-order valence-corrected chi connectivity index (χ1v) is 11.2. The monoisotopic (exact) mass is 402 g/mol. The Hall–Kier alpha value is -3.38. The number of benzene rings is 3. The third kappa shape index (κ3) is 5.83. The molecule has 1 aliphatic rings. The molecular weight excluding hydrogens is 372 g/mol. The molecule has 0 saturated heterocycles. The van der Waals surface area contributed by atoms with Crippen molar-refractivity contribution in [3.8, 4) is 11.1 Å². The minimum absolute atomic E-state index is 0.994. The molecule has 3 aromatic rings. The van der Waals surface area contributed by atoms with Crippen molar-refractivity contribution in [1.82, 2.24) is 0 Å². The zero-order valence-electron chi connectivity index (χ0n) is 18.3. The maximum Gasteiger partial charge on any atom is -0.00884 e. The Balaban J connectivity index is 1.29. The van der Waals surface area contributed by atoms with Gasteiger partial charge in [-0.25, -0.2) is 0 Å². The molecule has 0 unspecified atom stereocenters. The molecule has 31 heavy (non-hydrogen) atoms. The van der Waals surface area contributed by atoms with Crippen LogP contribution in [0.2, 0.25) is 0 Å². The lowest BCUT2D eigenvalue weighted by Gasteiger charge is -2.07. The van der Waals surface area contributed by atoms with Crippen LogP contribution in [0.15, 0.2) is 115 Å². The second kappa shape index (κ2) is 10.6. The molecule has 0 heterocycles. The van der Waals surface area contributed by atoms with Crippen molar-refractivity contribution in [3.05, 3.63) is 132 Å². The van der Waals surface area contributed by atoms with Gasteiger partial charge in [0.05, 0.1) is 0 Å². The van der Waals surface area contributed by atoms with Crippen molar-refractivity contribution in [1.29, 1.82) is 0 Å². The van der Waals surface area contributed by atoms with Crippen molar-refractivity contribution < 1.29 is 0 Å². The highest BCUT2D eigenvalue weighted by Crippen LogP contribution is 2.24. The lowest BCUT2D eigenvalue weighted by Crippen LogP contribution is -1.87. The van der Waals surface area contributed by atoms with E-state index >= 15 is 0 Å². The minimum Gasteiger partial charge on any atom is -0.0810 e. The fraction of sp³-hybridized carbons (Fsp3) is 0.161. The normalized spacial score (nSPS) is 13.7. The van der Waals surface area contributed by atoms with Crippen molar-refractivity contribution in [3.63, 3.8) is 0 Å². The van der Waals surface area contributed by atoms with Crippen LogP contribution in [-0.4, -0.2) is 0 Å². The molecule has 0 fully saturated rings. The summed E-state index contributed by atoms with van der Waals surface area (Å²) in [7, 11) is 0. The first kappa shape index (κ1) is 20.9. The first-order chi connectivity index (χ1) is 15.3. The molecule has 0 N–H and O–H groups in total.